The molecule has 0 aliphatic rings. The number of hydrogen-bond donors (Lipinski definition) is 1. The van der Waals surface area contributed by atoms with Crippen LogP contribution in [-0.2, 0) is 10.1 Å². The van der Waals surface area contributed by atoms with Crippen molar-refractivity contribution in [3.05, 3.63) is 0 Å². The molecule has 0 amide bonds. The maximum Gasteiger partial charge on any atom is 0.264 e. The Hall–Kier alpha value is 0.260. The molecule has 0 saturated heterocycles. The molecule has 0 rings (SSSR count). The molecule has 0 unspecified atom stereocenters. The third-order valence-corrected chi connectivity index (χ3v) is 3.12. The maximum atomic E-state index is 10.2. The lowest BCUT2D eigenvalue weighted by Crippen LogP contribution is -2.04. The van der Waals surface area contributed by atoms with Crippen LogP contribution in [0.25, 0.3) is 0 Å². The van der Waals surface area contributed by atoms with Gasteiger partial charge in [-0.15, -0.1) is 0 Å². The highest BCUT2D eigenvalue weighted by Crippen LogP contribution is 2.04. The first kappa shape index (κ1) is 11.3. The van der Waals surface area contributed by atoms with Crippen LogP contribution in [0.15, 0.2) is 0 Å². The van der Waals surface area contributed by atoms with Crippen LogP contribution in [0.3, 0.4) is 0 Å². The van der Waals surface area contributed by atoms with Crippen LogP contribution in [0.4, 0.5) is 0 Å². The van der Waals surface area contributed by atoms with Crippen molar-refractivity contribution in [2.45, 2.75) is 19.8 Å². The van der Waals surface area contributed by atoms with Crippen LogP contribution in [0.2, 0.25) is 0 Å². The molecule has 0 aromatic heterocycles. The zero-order valence-electron chi connectivity index (χ0n) is 6.62. The summed E-state index contributed by atoms with van der Waals surface area (Å²) >= 11 is 1.72. The van der Waals surface area contributed by atoms with Crippen molar-refractivity contribution in [3.63, 3.8) is 0 Å². The Balaban J connectivity index is 3.16. The van der Waals surface area contributed by atoms with Gasteiger partial charge in [-0.3, -0.25) is 4.55 Å². The Labute approximate surface area is 72.3 Å². The van der Waals surface area contributed by atoms with Gasteiger partial charge in [-0.1, -0.05) is 6.92 Å². The van der Waals surface area contributed by atoms with Crippen molar-refractivity contribution in [3.8, 4) is 0 Å². The summed E-state index contributed by atoms with van der Waals surface area (Å²) in [5, 5.41) is 0. The maximum absolute atomic E-state index is 10.2. The van der Waals surface area contributed by atoms with Crippen molar-refractivity contribution >= 4 is 21.9 Å². The highest BCUT2D eigenvalue weighted by Gasteiger charge is 2.02. The average molecular weight is 198 g/mol. The van der Waals surface area contributed by atoms with E-state index in [0.717, 1.165) is 17.9 Å². The minimum absolute atomic E-state index is 0.107. The van der Waals surface area contributed by atoms with E-state index in [0.29, 0.717) is 6.42 Å². The molecular weight excluding hydrogens is 184 g/mol. The normalized spacial score (nSPS) is 11.8. The molecule has 11 heavy (non-hydrogen) atoms. The van der Waals surface area contributed by atoms with Gasteiger partial charge in [-0.2, -0.15) is 20.2 Å². The van der Waals surface area contributed by atoms with Gasteiger partial charge >= 0.3 is 0 Å². The molecule has 0 bridgehead atoms. The standard InChI is InChI=1S/C6H14O3S2/c1-2-4-10-5-3-6-11(7,8)9/h2-6H2,1H3,(H,7,8,9). The van der Waals surface area contributed by atoms with Crippen molar-refractivity contribution in [1.29, 1.82) is 0 Å². The highest BCUT2D eigenvalue weighted by atomic mass is 32.2. The first-order chi connectivity index (χ1) is 5.06. The second-order valence-corrected chi connectivity index (χ2v) is 5.05. The molecule has 0 heterocycles. The summed E-state index contributed by atoms with van der Waals surface area (Å²) in [6.45, 7) is 2.08. The molecule has 0 radical (unpaired) electrons. The third-order valence-electron chi connectivity index (χ3n) is 1.04. The van der Waals surface area contributed by atoms with Gasteiger partial charge in [0.1, 0.15) is 0 Å². The predicted octanol–water partition coefficient (Wildman–Crippen LogP) is 1.41. The Morgan fingerprint density at radius 2 is 2.00 bits per heavy atom. The van der Waals surface area contributed by atoms with Gasteiger partial charge < -0.3 is 0 Å². The number of hydrogen-bond acceptors (Lipinski definition) is 3. The van der Waals surface area contributed by atoms with Gasteiger partial charge in [0.25, 0.3) is 10.1 Å². The van der Waals surface area contributed by atoms with Crippen LogP contribution >= 0.6 is 11.8 Å². The van der Waals surface area contributed by atoms with Crippen molar-refractivity contribution in [1.82, 2.24) is 0 Å². The summed E-state index contributed by atoms with van der Waals surface area (Å²) in [6.07, 6.45) is 1.65. The average Bonchev–Trinajstić information content (AvgIpc) is 1.85. The largest absolute Gasteiger partial charge is 0.286 e. The zero-order chi connectivity index (χ0) is 8.74. The smallest absolute Gasteiger partial charge is 0.264 e. The number of rotatable bonds is 6. The first-order valence-corrected chi connectivity index (χ1v) is 6.35. The molecule has 5 heteroatoms. The van der Waals surface area contributed by atoms with E-state index in [9.17, 15) is 8.42 Å². The Morgan fingerprint density at radius 1 is 1.36 bits per heavy atom. The van der Waals surface area contributed by atoms with Gasteiger partial charge in [0.2, 0.25) is 0 Å². The number of thioether (sulfide) groups is 1. The Morgan fingerprint density at radius 3 is 2.45 bits per heavy atom. The Bertz CT molecular complexity index is 174. The van der Waals surface area contributed by atoms with Gasteiger partial charge in [0.15, 0.2) is 0 Å². The molecule has 0 atom stereocenters. The summed E-state index contributed by atoms with van der Waals surface area (Å²) < 4.78 is 28.8. The van der Waals surface area contributed by atoms with E-state index < -0.39 is 10.1 Å². The first-order valence-electron chi connectivity index (χ1n) is 3.59. The molecule has 1 N–H and O–H groups in total. The minimum Gasteiger partial charge on any atom is -0.286 e. The summed E-state index contributed by atoms with van der Waals surface area (Å²) in [4.78, 5) is 0. The monoisotopic (exact) mass is 198 g/mol. The molecule has 68 valence electrons. The molecule has 0 aromatic carbocycles. The van der Waals surface area contributed by atoms with E-state index in [2.05, 4.69) is 6.92 Å². The van der Waals surface area contributed by atoms with Crippen LogP contribution in [0.1, 0.15) is 19.8 Å². The van der Waals surface area contributed by atoms with Gasteiger partial charge in [-0.25, -0.2) is 0 Å². The predicted molar refractivity (Wildman–Crippen MR) is 48.6 cm³/mol. The molecule has 3 nitrogen and oxygen atoms in total. The van der Waals surface area contributed by atoms with Crippen LogP contribution in [0, 0.1) is 0 Å². The molecule has 0 saturated carbocycles. The molecular formula is C6H14O3S2. The lowest BCUT2D eigenvalue weighted by atomic mass is 10.6. The molecule has 0 fully saturated rings. The van der Waals surface area contributed by atoms with Crippen molar-refractivity contribution < 1.29 is 13.0 Å². The lowest BCUT2D eigenvalue weighted by molar-refractivity contribution is 0.482. The van der Waals surface area contributed by atoms with E-state index in [4.69, 9.17) is 4.55 Å². The molecule has 0 aliphatic heterocycles. The zero-order valence-corrected chi connectivity index (χ0v) is 8.25. The molecule has 0 aromatic rings. The molecule has 0 aliphatic carbocycles. The van der Waals surface area contributed by atoms with E-state index in [1.807, 2.05) is 0 Å². The summed E-state index contributed by atoms with van der Waals surface area (Å²) in [7, 11) is -3.72. The fourth-order valence-electron chi connectivity index (χ4n) is 0.590. The van der Waals surface area contributed by atoms with E-state index >= 15 is 0 Å². The quantitative estimate of drug-likeness (QED) is 0.518. The van der Waals surface area contributed by atoms with Crippen LogP contribution in [0.5, 0.6) is 0 Å². The van der Waals surface area contributed by atoms with Gasteiger partial charge in [0, 0.05) is 0 Å². The summed E-state index contributed by atoms with van der Waals surface area (Å²) in [5.74, 6) is 1.77. The fraction of sp³-hybridized carbons (Fsp3) is 1.00. The van der Waals surface area contributed by atoms with Crippen LogP contribution in [-0.4, -0.2) is 30.2 Å². The SMILES string of the molecule is CCCSCCCS(=O)(=O)O. The topological polar surface area (TPSA) is 54.4 Å². The second kappa shape index (κ2) is 5.85. The van der Waals surface area contributed by atoms with E-state index in [1.165, 1.54) is 0 Å². The van der Waals surface area contributed by atoms with Crippen molar-refractivity contribution in [2.75, 3.05) is 17.3 Å². The van der Waals surface area contributed by atoms with E-state index in [1.54, 1.807) is 11.8 Å². The lowest BCUT2D eigenvalue weighted by Gasteiger charge is -1.97. The summed E-state index contributed by atoms with van der Waals surface area (Å²) in [6, 6.07) is 0. The highest BCUT2D eigenvalue weighted by molar-refractivity contribution is 7.99. The minimum atomic E-state index is -3.72. The Kier molecular flexibility index (Phi) is 5.99. The third kappa shape index (κ3) is 10.3. The fourth-order valence-corrected chi connectivity index (χ4v) is 2.12. The van der Waals surface area contributed by atoms with Gasteiger partial charge in [0.05, 0.1) is 5.75 Å². The second-order valence-electron chi connectivity index (χ2n) is 2.25. The van der Waals surface area contributed by atoms with Gasteiger partial charge in [-0.05, 0) is 24.3 Å². The van der Waals surface area contributed by atoms with Crippen LogP contribution < -0.4 is 0 Å². The summed E-state index contributed by atoms with van der Waals surface area (Å²) in [5.41, 5.74) is 0. The molecule has 0 spiro atoms. The van der Waals surface area contributed by atoms with Crippen molar-refractivity contribution in [2.24, 2.45) is 0 Å². The van der Waals surface area contributed by atoms with E-state index in [-0.39, 0.29) is 5.75 Å².